The third-order valence-electron chi connectivity index (χ3n) is 2.61. The summed E-state index contributed by atoms with van der Waals surface area (Å²) in [5, 5.41) is 18.5. The molecule has 5 heteroatoms. The maximum absolute atomic E-state index is 11.3. The van der Waals surface area contributed by atoms with E-state index in [1.165, 1.54) is 12.1 Å². The van der Waals surface area contributed by atoms with Crippen LogP contribution in [0.3, 0.4) is 0 Å². The maximum Gasteiger partial charge on any atom is 0.322 e. The van der Waals surface area contributed by atoms with E-state index in [-0.39, 0.29) is 17.5 Å². The number of aryl methyl sites for hydroxylation is 1. The number of nitrogens with two attached hydrogens (primary N) is 1. The van der Waals surface area contributed by atoms with Crippen LogP contribution < -0.4 is 5.73 Å². The smallest absolute Gasteiger partial charge is 0.322 e. The predicted molar refractivity (Wildman–Crippen MR) is 67.3 cm³/mol. The molecule has 0 saturated carbocycles. The number of aromatic hydroxyl groups is 2. The standard InChI is InChI=1S/C13H19NO4/c1-2-18-13(17)10(14)5-3-4-9-6-7-11(15)12(16)8-9/h6-8,10,15-16H,2-5,14H2,1H3. The molecule has 18 heavy (non-hydrogen) atoms. The van der Waals surface area contributed by atoms with Crippen molar-refractivity contribution in [3.63, 3.8) is 0 Å². The largest absolute Gasteiger partial charge is 0.504 e. The highest BCUT2D eigenvalue weighted by molar-refractivity contribution is 5.75. The monoisotopic (exact) mass is 253 g/mol. The van der Waals surface area contributed by atoms with E-state index in [9.17, 15) is 9.90 Å². The molecule has 0 aliphatic carbocycles. The predicted octanol–water partition coefficient (Wildman–Crippen LogP) is 1.31. The molecule has 0 aromatic heterocycles. The van der Waals surface area contributed by atoms with Gasteiger partial charge in [-0.15, -0.1) is 0 Å². The molecule has 100 valence electrons. The van der Waals surface area contributed by atoms with Gasteiger partial charge in [-0.05, 0) is 43.9 Å². The number of phenols is 2. The first-order chi connectivity index (χ1) is 8.54. The van der Waals surface area contributed by atoms with Gasteiger partial charge in [0.15, 0.2) is 11.5 Å². The van der Waals surface area contributed by atoms with Crippen molar-refractivity contribution in [2.24, 2.45) is 5.73 Å². The zero-order valence-corrected chi connectivity index (χ0v) is 10.4. The zero-order valence-electron chi connectivity index (χ0n) is 10.4. The second kappa shape index (κ2) is 6.86. The molecule has 0 aliphatic heterocycles. The van der Waals surface area contributed by atoms with Crippen LogP contribution in [-0.4, -0.2) is 28.8 Å². The fraction of sp³-hybridized carbons (Fsp3) is 0.462. The van der Waals surface area contributed by atoms with Crippen molar-refractivity contribution in [2.45, 2.75) is 32.2 Å². The quantitative estimate of drug-likeness (QED) is 0.525. The van der Waals surface area contributed by atoms with Gasteiger partial charge in [0.05, 0.1) is 6.61 Å². The molecule has 0 spiro atoms. The average molecular weight is 253 g/mol. The highest BCUT2D eigenvalue weighted by Crippen LogP contribution is 2.25. The van der Waals surface area contributed by atoms with Crippen LogP contribution in [-0.2, 0) is 16.0 Å². The molecule has 1 unspecified atom stereocenters. The van der Waals surface area contributed by atoms with Gasteiger partial charge in [0, 0.05) is 0 Å². The normalized spacial score (nSPS) is 12.1. The van der Waals surface area contributed by atoms with Crippen molar-refractivity contribution in [3.8, 4) is 11.5 Å². The Labute approximate surface area is 106 Å². The first-order valence-electron chi connectivity index (χ1n) is 5.97. The van der Waals surface area contributed by atoms with Gasteiger partial charge in [0.25, 0.3) is 0 Å². The number of ether oxygens (including phenoxy) is 1. The Hall–Kier alpha value is -1.75. The van der Waals surface area contributed by atoms with E-state index in [1.807, 2.05) is 0 Å². The summed E-state index contributed by atoms with van der Waals surface area (Å²) in [4.78, 5) is 11.3. The molecule has 1 atom stereocenters. The zero-order chi connectivity index (χ0) is 13.5. The number of carbonyl (C=O) groups excluding carboxylic acids is 1. The van der Waals surface area contributed by atoms with E-state index >= 15 is 0 Å². The van der Waals surface area contributed by atoms with Crippen LogP contribution in [0, 0.1) is 0 Å². The molecule has 0 amide bonds. The molecule has 5 nitrogen and oxygen atoms in total. The van der Waals surface area contributed by atoms with E-state index < -0.39 is 6.04 Å². The van der Waals surface area contributed by atoms with Crippen LogP contribution in [0.25, 0.3) is 0 Å². The maximum atomic E-state index is 11.3. The summed E-state index contributed by atoms with van der Waals surface area (Å²) in [6, 6.07) is 4.07. The highest BCUT2D eigenvalue weighted by Gasteiger charge is 2.13. The third-order valence-corrected chi connectivity index (χ3v) is 2.61. The number of benzene rings is 1. The SMILES string of the molecule is CCOC(=O)C(N)CCCc1ccc(O)c(O)c1. The van der Waals surface area contributed by atoms with Gasteiger partial charge in [-0.2, -0.15) is 0 Å². The lowest BCUT2D eigenvalue weighted by atomic mass is 10.0. The van der Waals surface area contributed by atoms with Crippen LogP contribution in [0.15, 0.2) is 18.2 Å². The Bertz CT molecular complexity index is 406. The first kappa shape index (κ1) is 14.3. The summed E-state index contributed by atoms with van der Waals surface area (Å²) in [7, 11) is 0. The summed E-state index contributed by atoms with van der Waals surface area (Å²) in [6.45, 7) is 2.07. The second-order valence-electron chi connectivity index (χ2n) is 4.07. The van der Waals surface area contributed by atoms with Gasteiger partial charge in [-0.1, -0.05) is 6.07 Å². The van der Waals surface area contributed by atoms with Gasteiger partial charge >= 0.3 is 5.97 Å². The number of hydrogen-bond donors (Lipinski definition) is 3. The van der Waals surface area contributed by atoms with Gasteiger partial charge in [0.1, 0.15) is 6.04 Å². The highest BCUT2D eigenvalue weighted by atomic mass is 16.5. The van der Waals surface area contributed by atoms with E-state index in [1.54, 1.807) is 13.0 Å². The molecular formula is C13H19NO4. The molecule has 0 heterocycles. The van der Waals surface area contributed by atoms with E-state index in [4.69, 9.17) is 15.6 Å². The average Bonchev–Trinajstić information content (AvgIpc) is 2.34. The Morgan fingerprint density at radius 3 is 2.72 bits per heavy atom. The van der Waals surface area contributed by atoms with Crippen LogP contribution >= 0.6 is 0 Å². The van der Waals surface area contributed by atoms with Gasteiger partial charge in [-0.25, -0.2) is 0 Å². The molecule has 1 aromatic rings. The lowest BCUT2D eigenvalue weighted by molar-refractivity contribution is -0.144. The lowest BCUT2D eigenvalue weighted by Crippen LogP contribution is -2.32. The summed E-state index contributed by atoms with van der Waals surface area (Å²) in [5.74, 6) is -0.657. The number of phenolic OH excluding ortho intramolecular Hbond substituents is 2. The number of esters is 1. The van der Waals surface area contributed by atoms with Gasteiger partial charge in [-0.3, -0.25) is 4.79 Å². The number of rotatable bonds is 6. The van der Waals surface area contributed by atoms with Crippen LogP contribution in [0.2, 0.25) is 0 Å². The molecule has 1 rings (SSSR count). The van der Waals surface area contributed by atoms with Crippen LogP contribution in [0.5, 0.6) is 11.5 Å². The molecule has 0 saturated heterocycles. The van der Waals surface area contributed by atoms with Gasteiger partial charge < -0.3 is 20.7 Å². The summed E-state index contributed by atoms with van der Waals surface area (Å²) in [5.41, 5.74) is 6.55. The number of hydrogen-bond acceptors (Lipinski definition) is 5. The molecule has 1 aromatic carbocycles. The third kappa shape index (κ3) is 4.25. The van der Waals surface area contributed by atoms with Crippen LogP contribution in [0.1, 0.15) is 25.3 Å². The fourth-order valence-corrected chi connectivity index (χ4v) is 1.62. The van der Waals surface area contributed by atoms with Crippen molar-refractivity contribution in [1.29, 1.82) is 0 Å². The minimum atomic E-state index is -0.601. The lowest BCUT2D eigenvalue weighted by Gasteiger charge is -2.10. The molecule has 0 radical (unpaired) electrons. The van der Waals surface area contributed by atoms with Crippen molar-refractivity contribution < 1.29 is 19.7 Å². The molecule has 4 N–H and O–H groups in total. The minimum absolute atomic E-state index is 0.137. The Balaban J connectivity index is 2.37. The minimum Gasteiger partial charge on any atom is -0.504 e. The van der Waals surface area contributed by atoms with E-state index in [2.05, 4.69) is 0 Å². The molecular weight excluding hydrogens is 234 g/mol. The van der Waals surface area contributed by atoms with E-state index in [0.29, 0.717) is 25.9 Å². The number of carbonyl (C=O) groups is 1. The molecule has 0 aliphatic rings. The summed E-state index contributed by atoms with van der Waals surface area (Å²) >= 11 is 0. The van der Waals surface area contributed by atoms with Crippen molar-refractivity contribution in [1.82, 2.24) is 0 Å². The second-order valence-corrected chi connectivity index (χ2v) is 4.07. The van der Waals surface area contributed by atoms with Crippen molar-refractivity contribution in [3.05, 3.63) is 23.8 Å². The van der Waals surface area contributed by atoms with Crippen LogP contribution in [0.4, 0.5) is 0 Å². The topological polar surface area (TPSA) is 92.8 Å². The Morgan fingerprint density at radius 2 is 2.11 bits per heavy atom. The summed E-state index contributed by atoms with van der Waals surface area (Å²) < 4.78 is 4.80. The Kier molecular flexibility index (Phi) is 5.45. The summed E-state index contributed by atoms with van der Waals surface area (Å²) in [6.07, 6.45) is 1.92. The molecule has 0 bridgehead atoms. The fourth-order valence-electron chi connectivity index (χ4n) is 1.62. The molecule has 0 fully saturated rings. The Morgan fingerprint density at radius 1 is 1.39 bits per heavy atom. The van der Waals surface area contributed by atoms with Gasteiger partial charge in [0.2, 0.25) is 0 Å². The first-order valence-corrected chi connectivity index (χ1v) is 5.97. The van der Waals surface area contributed by atoms with Crippen molar-refractivity contribution in [2.75, 3.05) is 6.61 Å². The van der Waals surface area contributed by atoms with Crippen molar-refractivity contribution >= 4 is 5.97 Å². The van der Waals surface area contributed by atoms with E-state index in [0.717, 1.165) is 5.56 Å².